The van der Waals surface area contributed by atoms with Crippen LogP contribution in [-0.4, -0.2) is 52.2 Å². The van der Waals surface area contributed by atoms with Crippen molar-refractivity contribution in [2.45, 2.75) is 20.4 Å². The van der Waals surface area contributed by atoms with Crippen LogP contribution < -0.4 is 10.3 Å². The first-order chi connectivity index (χ1) is 16.6. The minimum Gasteiger partial charge on any atom is -0.353 e. The molecule has 0 bridgehead atoms. The van der Waals surface area contributed by atoms with Crippen molar-refractivity contribution in [1.29, 1.82) is 0 Å². The van der Waals surface area contributed by atoms with Gasteiger partial charge in [-0.05, 0) is 37.3 Å². The molecule has 0 unspecified atom stereocenters. The van der Waals surface area contributed by atoms with Crippen molar-refractivity contribution in [3.05, 3.63) is 65.8 Å². The molecule has 34 heavy (non-hydrogen) atoms. The Morgan fingerprint density at radius 1 is 1.03 bits per heavy atom. The van der Waals surface area contributed by atoms with Crippen molar-refractivity contribution in [1.82, 2.24) is 14.5 Å². The van der Waals surface area contributed by atoms with E-state index in [4.69, 9.17) is 11.6 Å². The molecule has 0 spiro atoms. The average molecular weight is 475 g/mol. The van der Waals surface area contributed by atoms with Gasteiger partial charge in [-0.15, -0.1) is 0 Å². The number of para-hydroxylation sites is 1. The van der Waals surface area contributed by atoms with Gasteiger partial charge in [-0.2, -0.15) is 5.10 Å². The maximum atomic E-state index is 12.5. The molecule has 5 rings (SSSR count). The van der Waals surface area contributed by atoms with E-state index in [2.05, 4.69) is 50.1 Å². The summed E-state index contributed by atoms with van der Waals surface area (Å²) in [6, 6.07) is 18.1. The molecule has 0 saturated carbocycles. The third-order valence-electron chi connectivity index (χ3n) is 6.34. The normalized spacial score (nSPS) is 14.7. The van der Waals surface area contributed by atoms with Crippen LogP contribution in [-0.2, 0) is 11.3 Å². The Labute approximate surface area is 203 Å². The van der Waals surface area contributed by atoms with Gasteiger partial charge in [0.2, 0.25) is 0 Å². The fourth-order valence-electron chi connectivity index (χ4n) is 4.70. The molecule has 0 atom stereocenters. The van der Waals surface area contributed by atoms with E-state index in [1.165, 1.54) is 0 Å². The minimum absolute atomic E-state index is 0.0847. The second kappa shape index (κ2) is 9.35. The number of rotatable bonds is 5. The molecule has 0 radical (unpaired) electrons. The highest BCUT2D eigenvalue weighted by atomic mass is 35.5. The highest BCUT2D eigenvalue weighted by Crippen LogP contribution is 2.38. The predicted octanol–water partition coefficient (Wildman–Crippen LogP) is 5.00. The molecule has 1 N–H and O–H groups in total. The van der Waals surface area contributed by atoms with E-state index >= 15 is 0 Å². The molecular formula is C26H27ClN6O. The number of carbonyl (C=O) groups is 1. The molecule has 1 aliphatic heterocycles. The number of fused-ring (bicyclic) bond motifs is 3. The van der Waals surface area contributed by atoms with Crippen LogP contribution in [0.1, 0.15) is 13.8 Å². The van der Waals surface area contributed by atoms with Crippen LogP contribution >= 0.6 is 11.6 Å². The number of hydrogen-bond donors (Lipinski definition) is 1. The number of nitrogens with zero attached hydrogens (tertiary/aromatic N) is 5. The van der Waals surface area contributed by atoms with Crippen molar-refractivity contribution in [2.75, 3.05) is 36.5 Å². The van der Waals surface area contributed by atoms with Gasteiger partial charge < -0.3 is 14.4 Å². The van der Waals surface area contributed by atoms with Crippen molar-refractivity contribution < 1.29 is 4.79 Å². The summed E-state index contributed by atoms with van der Waals surface area (Å²) in [5.41, 5.74) is 5.99. The van der Waals surface area contributed by atoms with Crippen LogP contribution in [0.4, 0.5) is 11.5 Å². The Hall–Kier alpha value is -3.58. The zero-order valence-electron chi connectivity index (χ0n) is 19.3. The molecule has 3 heterocycles. The number of hydrogen-bond acceptors (Lipinski definition) is 5. The monoisotopic (exact) mass is 474 g/mol. The molecule has 2 aromatic carbocycles. The zero-order chi connectivity index (χ0) is 23.7. The fourth-order valence-corrected chi connectivity index (χ4v) is 5.00. The van der Waals surface area contributed by atoms with E-state index in [-0.39, 0.29) is 5.78 Å². The molecule has 1 aliphatic rings. The lowest BCUT2D eigenvalue weighted by Gasteiger charge is -2.36. The number of carbonyl (C=O) groups excluding carboxylic acids is 1. The first-order valence-corrected chi connectivity index (χ1v) is 11.9. The van der Waals surface area contributed by atoms with Crippen LogP contribution in [0, 0.1) is 0 Å². The number of Topliss-reactive ketones (excluding diaryl/α,β-unsaturated/α-hetero) is 1. The van der Waals surface area contributed by atoms with Gasteiger partial charge in [-0.1, -0.05) is 35.9 Å². The Morgan fingerprint density at radius 3 is 2.50 bits per heavy atom. The summed E-state index contributed by atoms with van der Waals surface area (Å²) in [5, 5.41) is 7.21. The summed E-state index contributed by atoms with van der Waals surface area (Å²) in [6.45, 7) is 7.44. The molecule has 8 heteroatoms. The Morgan fingerprint density at radius 2 is 1.79 bits per heavy atom. The standard InChI is InChI=1S/C26H27ClN6O/c1-3-33-21-9-5-4-8-19(21)24-22(33)12-11-20(25(24)27)29-30-26(18(2)34)32-16-14-31(15-17-32)23-10-6-7-13-28-23/h4-13,29H,3,14-17H2,1-2H3/b30-26+. The van der Waals surface area contributed by atoms with E-state index < -0.39 is 0 Å². The summed E-state index contributed by atoms with van der Waals surface area (Å²) in [6.07, 6.45) is 1.80. The van der Waals surface area contributed by atoms with E-state index in [0.29, 0.717) is 29.6 Å². The van der Waals surface area contributed by atoms with Gasteiger partial charge in [0.05, 0.1) is 16.2 Å². The van der Waals surface area contributed by atoms with Gasteiger partial charge in [0.15, 0.2) is 11.6 Å². The number of aromatic nitrogens is 2. The van der Waals surface area contributed by atoms with Crippen LogP contribution in [0.3, 0.4) is 0 Å². The zero-order valence-corrected chi connectivity index (χ0v) is 20.1. The maximum absolute atomic E-state index is 12.5. The van der Waals surface area contributed by atoms with Crippen LogP contribution in [0.2, 0.25) is 5.02 Å². The van der Waals surface area contributed by atoms with Gasteiger partial charge >= 0.3 is 0 Å². The average Bonchev–Trinajstić information content (AvgIpc) is 3.20. The van der Waals surface area contributed by atoms with E-state index in [1.807, 2.05) is 41.3 Å². The first-order valence-electron chi connectivity index (χ1n) is 11.5. The van der Waals surface area contributed by atoms with Crippen molar-refractivity contribution in [2.24, 2.45) is 5.10 Å². The van der Waals surface area contributed by atoms with Gasteiger partial charge in [0.1, 0.15) is 5.82 Å². The molecule has 0 aliphatic carbocycles. The maximum Gasteiger partial charge on any atom is 0.196 e. The van der Waals surface area contributed by atoms with E-state index in [1.54, 1.807) is 13.1 Å². The third kappa shape index (κ3) is 3.96. The Balaban J connectivity index is 1.41. The quantitative estimate of drug-likeness (QED) is 0.250. The molecule has 2 aromatic heterocycles. The van der Waals surface area contributed by atoms with Crippen molar-refractivity contribution in [3.63, 3.8) is 0 Å². The predicted molar refractivity (Wildman–Crippen MR) is 140 cm³/mol. The summed E-state index contributed by atoms with van der Waals surface area (Å²) in [5.74, 6) is 1.28. The minimum atomic E-state index is -0.0847. The summed E-state index contributed by atoms with van der Waals surface area (Å²) >= 11 is 6.87. The van der Waals surface area contributed by atoms with Crippen LogP contribution in [0.25, 0.3) is 21.8 Å². The van der Waals surface area contributed by atoms with Gasteiger partial charge in [0, 0.05) is 62.1 Å². The first kappa shape index (κ1) is 22.2. The largest absolute Gasteiger partial charge is 0.353 e. The highest BCUT2D eigenvalue weighted by molar-refractivity contribution is 6.41. The second-order valence-electron chi connectivity index (χ2n) is 8.35. The topological polar surface area (TPSA) is 65.8 Å². The number of amidine groups is 1. The number of hydrazone groups is 1. The number of benzene rings is 2. The fraction of sp³-hybridized carbons (Fsp3) is 0.269. The summed E-state index contributed by atoms with van der Waals surface area (Å²) < 4.78 is 2.26. The molecule has 1 fully saturated rings. The number of piperazine rings is 1. The number of anilines is 2. The van der Waals surface area contributed by atoms with Crippen molar-refractivity contribution in [3.8, 4) is 0 Å². The number of halogens is 1. The Kier molecular flexibility index (Phi) is 6.11. The SMILES string of the molecule is CCn1c2ccccc2c2c(Cl)c(N/N=C(\C(C)=O)N3CCN(c4ccccn4)CC3)ccc21. The van der Waals surface area contributed by atoms with E-state index in [9.17, 15) is 4.79 Å². The molecule has 7 nitrogen and oxygen atoms in total. The van der Waals surface area contributed by atoms with Crippen LogP contribution in [0.5, 0.6) is 0 Å². The molecule has 4 aromatic rings. The molecule has 174 valence electrons. The summed E-state index contributed by atoms with van der Waals surface area (Å²) in [7, 11) is 0. The number of aryl methyl sites for hydroxylation is 1. The summed E-state index contributed by atoms with van der Waals surface area (Å²) in [4.78, 5) is 21.1. The van der Waals surface area contributed by atoms with Crippen LogP contribution in [0.15, 0.2) is 65.9 Å². The molecule has 1 saturated heterocycles. The number of ketones is 1. The second-order valence-corrected chi connectivity index (χ2v) is 8.73. The van der Waals surface area contributed by atoms with Gasteiger partial charge in [-0.3, -0.25) is 10.2 Å². The Bertz CT molecular complexity index is 1370. The third-order valence-corrected chi connectivity index (χ3v) is 6.73. The lowest BCUT2D eigenvalue weighted by Crippen LogP contribution is -2.50. The van der Waals surface area contributed by atoms with E-state index in [0.717, 1.165) is 47.3 Å². The molecule has 0 amide bonds. The number of nitrogens with one attached hydrogen (secondary N) is 1. The van der Waals surface area contributed by atoms with Gasteiger partial charge in [0.25, 0.3) is 0 Å². The lowest BCUT2D eigenvalue weighted by molar-refractivity contribution is -0.111. The highest BCUT2D eigenvalue weighted by Gasteiger charge is 2.23. The smallest absolute Gasteiger partial charge is 0.196 e. The van der Waals surface area contributed by atoms with Crippen molar-refractivity contribution >= 4 is 56.5 Å². The lowest BCUT2D eigenvalue weighted by atomic mass is 10.1. The molecular weight excluding hydrogens is 448 g/mol. The van der Waals surface area contributed by atoms with Gasteiger partial charge in [-0.25, -0.2) is 4.98 Å². The number of pyridine rings is 1.